The number of ether oxygens (including phenoxy) is 1. The van der Waals surface area contributed by atoms with E-state index in [1.807, 2.05) is 45.0 Å². The standard InChI is InChI=1S/C17H23N3O3/c1-12(19-10-15-9-18-11-22-15)13-5-7-14(8-6-13)20-16(21)23-17(2,3)4/h5-9,11-12,19H,10H2,1-4H3,(H,20,21). The second-order valence-electron chi connectivity index (χ2n) is 6.32. The molecule has 6 heteroatoms. The zero-order chi connectivity index (χ0) is 16.9. The summed E-state index contributed by atoms with van der Waals surface area (Å²) in [6.07, 6.45) is 2.65. The number of nitrogens with zero attached hydrogens (tertiary/aromatic N) is 1. The Morgan fingerprint density at radius 2 is 2.00 bits per heavy atom. The molecule has 0 spiro atoms. The van der Waals surface area contributed by atoms with Gasteiger partial charge in [-0.3, -0.25) is 5.32 Å². The van der Waals surface area contributed by atoms with Crippen LogP contribution in [0.5, 0.6) is 0 Å². The minimum Gasteiger partial charge on any atom is -0.447 e. The topological polar surface area (TPSA) is 76.4 Å². The monoisotopic (exact) mass is 317 g/mol. The van der Waals surface area contributed by atoms with Crippen LogP contribution in [-0.4, -0.2) is 16.7 Å². The zero-order valence-electron chi connectivity index (χ0n) is 13.9. The maximum atomic E-state index is 11.7. The summed E-state index contributed by atoms with van der Waals surface area (Å²) in [7, 11) is 0. The van der Waals surface area contributed by atoms with E-state index in [2.05, 4.69) is 22.5 Å². The van der Waals surface area contributed by atoms with Crippen molar-refractivity contribution in [3.05, 3.63) is 48.2 Å². The number of anilines is 1. The molecule has 1 amide bonds. The molecular formula is C17H23N3O3. The number of amides is 1. The van der Waals surface area contributed by atoms with E-state index >= 15 is 0 Å². The highest BCUT2D eigenvalue weighted by molar-refractivity contribution is 5.84. The number of hydrogen-bond donors (Lipinski definition) is 2. The maximum Gasteiger partial charge on any atom is 0.412 e. The molecule has 0 saturated heterocycles. The fourth-order valence-corrected chi connectivity index (χ4v) is 1.98. The van der Waals surface area contributed by atoms with Gasteiger partial charge in [-0.2, -0.15) is 0 Å². The van der Waals surface area contributed by atoms with Crippen LogP contribution in [-0.2, 0) is 11.3 Å². The van der Waals surface area contributed by atoms with Crippen LogP contribution < -0.4 is 10.6 Å². The fraction of sp³-hybridized carbons (Fsp3) is 0.412. The Morgan fingerprint density at radius 3 is 2.57 bits per heavy atom. The molecular weight excluding hydrogens is 294 g/mol. The summed E-state index contributed by atoms with van der Waals surface area (Å²) in [6, 6.07) is 7.78. The van der Waals surface area contributed by atoms with E-state index in [1.54, 1.807) is 6.20 Å². The van der Waals surface area contributed by atoms with Crippen molar-refractivity contribution in [1.29, 1.82) is 0 Å². The normalized spacial score (nSPS) is 12.7. The summed E-state index contributed by atoms with van der Waals surface area (Å²) in [4.78, 5) is 15.6. The first-order chi connectivity index (χ1) is 10.8. The van der Waals surface area contributed by atoms with Gasteiger partial charge in [0.2, 0.25) is 0 Å². The molecule has 0 aliphatic rings. The molecule has 0 aliphatic heterocycles. The van der Waals surface area contributed by atoms with E-state index in [1.165, 1.54) is 6.39 Å². The molecule has 1 atom stereocenters. The zero-order valence-corrected chi connectivity index (χ0v) is 13.9. The van der Waals surface area contributed by atoms with Crippen LogP contribution in [0.2, 0.25) is 0 Å². The highest BCUT2D eigenvalue weighted by Gasteiger charge is 2.16. The molecule has 23 heavy (non-hydrogen) atoms. The Balaban J connectivity index is 1.87. The van der Waals surface area contributed by atoms with Crippen LogP contribution >= 0.6 is 0 Å². The quantitative estimate of drug-likeness (QED) is 0.875. The van der Waals surface area contributed by atoms with Gasteiger partial charge in [0.1, 0.15) is 11.4 Å². The van der Waals surface area contributed by atoms with Crippen molar-refractivity contribution in [3.63, 3.8) is 0 Å². The molecule has 124 valence electrons. The van der Waals surface area contributed by atoms with Gasteiger partial charge in [0.05, 0.1) is 12.7 Å². The first-order valence-corrected chi connectivity index (χ1v) is 7.54. The molecule has 2 aromatic rings. The number of benzene rings is 1. The lowest BCUT2D eigenvalue weighted by Crippen LogP contribution is -2.27. The molecule has 0 aliphatic carbocycles. The van der Waals surface area contributed by atoms with Crippen molar-refractivity contribution in [1.82, 2.24) is 10.3 Å². The van der Waals surface area contributed by atoms with E-state index in [9.17, 15) is 4.79 Å². The molecule has 1 aromatic carbocycles. The highest BCUT2D eigenvalue weighted by atomic mass is 16.6. The van der Waals surface area contributed by atoms with E-state index in [0.717, 1.165) is 11.3 Å². The summed E-state index contributed by atoms with van der Waals surface area (Å²) < 4.78 is 10.4. The predicted octanol–water partition coefficient (Wildman–Crippen LogP) is 3.87. The molecule has 0 saturated carbocycles. The summed E-state index contributed by atoms with van der Waals surface area (Å²) in [5, 5.41) is 6.06. The van der Waals surface area contributed by atoms with Gasteiger partial charge in [-0.25, -0.2) is 9.78 Å². The van der Waals surface area contributed by atoms with Gasteiger partial charge >= 0.3 is 6.09 Å². The average Bonchev–Trinajstić information content (AvgIpc) is 2.96. The Kier molecular flexibility index (Phi) is 5.39. The van der Waals surface area contributed by atoms with Crippen LogP contribution in [0.1, 0.15) is 45.1 Å². The Hall–Kier alpha value is -2.34. The first-order valence-electron chi connectivity index (χ1n) is 7.54. The van der Waals surface area contributed by atoms with E-state index < -0.39 is 11.7 Å². The van der Waals surface area contributed by atoms with Gasteiger partial charge in [0.15, 0.2) is 6.39 Å². The van der Waals surface area contributed by atoms with Gasteiger partial charge in [0, 0.05) is 11.7 Å². The maximum absolute atomic E-state index is 11.7. The summed E-state index contributed by atoms with van der Waals surface area (Å²) in [5.41, 5.74) is 1.30. The van der Waals surface area contributed by atoms with Crippen molar-refractivity contribution in [2.45, 2.75) is 45.9 Å². The number of hydrogen-bond acceptors (Lipinski definition) is 5. The SMILES string of the molecule is CC(NCc1cnco1)c1ccc(NC(=O)OC(C)(C)C)cc1. The third-order valence-corrected chi connectivity index (χ3v) is 3.12. The Labute approximate surface area is 136 Å². The number of carbonyl (C=O) groups is 1. The molecule has 6 nitrogen and oxygen atoms in total. The van der Waals surface area contributed by atoms with Crippen LogP contribution in [0.25, 0.3) is 0 Å². The molecule has 1 aromatic heterocycles. The summed E-state index contributed by atoms with van der Waals surface area (Å²) >= 11 is 0. The highest BCUT2D eigenvalue weighted by Crippen LogP contribution is 2.17. The minimum atomic E-state index is -0.511. The van der Waals surface area contributed by atoms with Crippen molar-refractivity contribution in [3.8, 4) is 0 Å². The number of nitrogens with one attached hydrogen (secondary N) is 2. The molecule has 2 N–H and O–H groups in total. The summed E-state index contributed by atoms with van der Waals surface area (Å²) in [5.74, 6) is 0.792. The van der Waals surface area contributed by atoms with E-state index in [4.69, 9.17) is 9.15 Å². The second-order valence-corrected chi connectivity index (χ2v) is 6.32. The summed E-state index contributed by atoms with van der Waals surface area (Å²) in [6.45, 7) is 8.17. The Morgan fingerprint density at radius 1 is 1.30 bits per heavy atom. The smallest absolute Gasteiger partial charge is 0.412 e. The molecule has 1 heterocycles. The number of carbonyl (C=O) groups excluding carboxylic acids is 1. The van der Waals surface area contributed by atoms with Gasteiger partial charge in [-0.1, -0.05) is 12.1 Å². The predicted molar refractivity (Wildman–Crippen MR) is 88.1 cm³/mol. The molecule has 2 rings (SSSR count). The third-order valence-electron chi connectivity index (χ3n) is 3.12. The molecule has 1 unspecified atom stereocenters. The van der Waals surface area contributed by atoms with Crippen molar-refractivity contribution in [2.24, 2.45) is 0 Å². The second kappa shape index (κ2) is 7.28. The van der Waals surface area contributed by atoms with E-state index in [0.29, 0.717) is 12.2 Å². The van der Waals surface area contributed by atoms with Crippen LogP contribution in [0, 0.1) is 0 Å². The van der Waals surface area contributed by atoms with Gasteiger partial charge in [0.25, 0.3) is 0 Å². The Bertz CT molecular complexity index is 616. The average molecular weight is 317 g/mol. The molecule has 0 bridgehead atoms. The van der Waals surface area contributed by atoms with Gasteiger partial charge in [-0.15, -0.1) is 0 Å². The van der Waals surface area contributed by atoms with Crippen LogP contribution in [0.3, 0.4) is 0 Å². The van der Waals surface area contributed by atoms with E-state index in [-0.39, 0.29) is 6.04 Å². The first kappa shape index (κ1) is 17.0. The third kappa shape index (κ3) is 5.75. The lowest BCUT2D eigenvalue weighted by atomic mass is 10.1. The van der Waals surface area contributed by atoms with Crippen LogP contribution in [0.4, 0.5) is 10.5 Å². The number of aromatic nitrogens is 1. The minimum absolute atomic E-state index is 0.149. The molecule has 0 fully saturated rings. The van der Waals surface area contributed by atoms with Crippen molar-refractivity contribution < 1.29 is 13.9 Å². The van der Waals surface area contributed by atoms with Crippen molar-refractivity contribution >= 4 is 11.8 Å². The van der Waals surface area contributed by atoms with Gasteiger partial charge in [-0.05, 0) is 45.4 Å². The fourth-order valence-electron chi connectivity index (χ4n) is 1.98. The lowest BCUT2D eigenvalue weighted by molar-refractivity contribution is 0.0636. The molecule has 0 radical (unpaired) electrons. The van der Waals surface area contributed by atoms with Crippen LogP contribution in [0.15, 0.2) is 41.3 Å². The van der Waals surface area contributed by atoms with Crippen molar-refractivity contribution in [2.75, 3.05) is 5.32 Å². The lowest BCUT2D eigenvalue weighted by Gasteiger charge is -2.20. The number of rotatable bonds is 5. The number of oxazole rings is 1. The largest absolute Gasteiger partial charge is 0.447 e. The van der Waals surface area contributed by atoms with Gasteiger partial charge < -0.3 is 14.5 Å².